The topological polar surface area (TPSA) is 112 Å². The predicted molar refractivity (Wildman–Crippen MR) is 103 cm³/mol. The van der Waals surface area contributed by atoms with E-state index in [1.165, 1.54) is 12.3 Å². The van der Waals surface area contributed by atoms with E-state index in [4.69, 9.17) is 13.7 Å². The summed E-state index contributed by atoms with van der Waals surface area (Å²) in [6.45, 7) is 4.54. The van der Waals surface area contributed by atoms with Gasteiger partial charge in [-0.25, -0.2) is 4.68 Å². The molecule has 29 heavy (non-hydrogen) atoms. The van der Waals surface area contributed by atoms with E-state index in [9.17, 15) is 9.59 Å². The maximum absolute atomic E-state index is 12.8. The number of amides is 1. The van der Waals surface area contributed by atoms with E-state index < -0.39 is 11.6 Å². The molecule has 1 amide bonds. The lowest BCUT2D eigenvalue weighted by Gasteiger charge is -2.17. The Labute approximate surface area is 166 Å². The van der Waals surface area contributed by atoms with Crippen LogP contribution in [0, 0.1) is 6.92 Å². The lowest BCUT2D eigenvalue weighted by Crippen LogP contribution is -2.40. The fourth-order valence-electron chi connectivity index (χ4n) is 3.30. The number of hydrogen-bond donors (Lipinski definition) is 1. The highest BCUT2D eigenvalue weighted by molar-refractivity contribution is 5.80. The normalized spacial score (nSPS) is 17.4. The minimum atomic E-state index is -0.803. The Morgan fingerprint density at radius 1 is 1.38 bits per heavy atom. The molecule has 0 spiro atoms. The number of carbonyl (C=O) groups excluding carboxylic acids is 1. The van der Waals surface area contributed by atoms with Crippen LogP contribution in [0.15, 0.2) is 44.3 Å². The predicted octanol–water partition coefficient (Wildman–Crippen LogP) is 2.32. The van der Waals surface area contributed by atoms with Gasteiger partial charge in [0.25, 0.3) is 5.56 Å². The molecule has 0 saturated carbocycles. The molecule has 0 aliphatic carbocycles. The van der Waals surface area contributed by atoms with Crippen molar-refractivity contribution in [3.05, 3.63) is 46.6 Å². The summed E-state index contributed by atoms with van der Waals surface area (Å²) in [6, 6.07) is 5.74. The molecule has 4 heterocycles. The van der Waals surface area contributed by atoms with Gasteiger partial charge in [0.05, 0.1) is 23.6 Å². The number of ether oxygens (including phenoxy) is 1. The van der Waals surface area contributed by atoms with Crippen LogP contribution in [0.4, 0.5) is 0 Å². The summed E-state index contributed by atoms with van der Waals surface area (Å²) < 4.78 is 17.5. The van der Waals surface area contributed by atoms with E-state index in [1.807, 2.05) is 0 Å². The van der Waals surface area contributed by atoms with Crippen LogP contribution in [0.1, 0.15) is 31.5 Å². The van der Waals surface area contributed by atoms with Crippen LogP contribution in [0.25, 0.3) is 22.8 Å². The Kier molecular flexibility index (Phi) is 5.30. The molecule has 2 unspecified atom stereocenters. The monoisotopic (exact) mass is 398 g/mol. The lowest BCUT2D eigenvalue weighted by molar-refractivity contribution is -0.124. The fraction of sp³-hybridized carbons (Fsp3) is 0.400. The van der Waals surface area contributed by atoms with Gasteiger partial charge in [-0.2, -0.15) is 5.10 Å². The molecular weight excluding hydrogens is 376 g/mol. The van der Waals surface area contributed by atoms with Gasteiger partial charge >= 0.3 is 0 Å². The van der Waals surface area contributed by atoms with Crippen LogP contribution < -0.4 is 10.9 Å². The van der Waals surface area contributed by atoms with Crippen molar-refractivity contribution in [3.63, 3.8) is 0 Å². The van der Waals surface area contributed by atoms with Gasteiger partial charge in [-0.15, -0.1) is 0 Å². The summed E-state index contributed by atoms with van der Waals surface area (Å²) in [5.74, 6) is 0.555. The summed E-state index contributed by atoms with van der Waals surface area (Å²) in [5, 5.41) is 11.1. The second kappa shape index (κ2) is 8.04. The zero-order chi connectivity index (χ0) is 20.4. The third-order valence-corrected chi connectivity index (χ3v) is 4.88. The minimum Gasteiger partial charge on any atom is -0.463 e. The van der Waals surface area contributed by atoms with Crippen molar-refractivity contribution in [1.82, 2.24) is 20.3 Å². The molecule has 0 aromatic carbocycles. The molecule has 1 saturated heterocycles. The molecule has 0 radical (unpaired) electrons. The number of carbonyl (C=O) groups is 1. The van der Waals surface area contributed by atoms with Gasteiger partial charge in [0, 0.05) is 25.3 Å². The van der Waals surface area contributed by atoms with Crippen molar-refractivity contribution in [2.24, 2.45) is 0 Å². The SMILES string of the molecule is Cc1cc(-c2cc(=O)n(C(C)C(=O)NCC3CCCO3)nc2-c2ccco2)on1. The van der Waals surface area contributed by atoms with E-state index in [1.54, 1.807) is 32.0 Å². The average molecular weight is 398 g/mol. The number of aromatic nitrogens is 3. The van der Waals surface area contributed by atoms with Crippen LogP contribution in [-0.4, -0.2) is 40.1 Å². The van der Waals surface area contributed by atoms with Crippen molar-refractivity contribution in [2.45, 2.75) is 38.8 Å². The molecule has 2 atom stereocenters. The Morgan fingerprint density at radius 3 is 2.90 bits per heavy atom. The van der Waals surface area contributed by atoms with E-state index in [-0.39, 0.29) is 12.0 Å². The van der Waals surface area contributed by atoms with Gasteiger partial charge in [0.1, 0.15) is 11.7 Å². The molecule has 152 valence electrons. The van der Waals surface area contributed by atoms with Crippen molar-refractivity contribution in [2.75, 3.05) is 13.2 Å². The van der Waals surface area contributed by atoms with E-state index in [0.717, 1.165) is 17.5 Å². The number of aryl methyl sites for hydroxylation is 1. The zero-order valence-electron chi connectivity index (χ0n) is 16.3. The number of hydrogen-bond acceptors (Lipinski definition) is 7. The summed E-state index contributed by atoms with van der Waals surface area (Å²) in [7, 11) is 0. The Morgan fingerprint density at radius 2 is 2.24 bits per heavy atom. The van der Waals surface area contributed by atoms with Crippen molar-refractivity contribution >= 4 is 5.91 Å². The minimum absolute atomic E-state index is 0.0200. The number of furan rings is 1. The van der Waals surface area contributed by atoms with E-state index in [0.29, 0.717) is 41.6 Å². The second-order valence-electron chi connectivity index (χ2n) is 7.06. The number of nitrogens with zero attached hydrogens (tertiary/aromatic N) is 3. The molecule has 4 rings (SSSR count). The van der Waals surface area contributed by atoms with Gasteiger partial charge in [-0.1, -0.05) is 5.16 Å². The van der Waals surface area contributed by atoms with Crippen molar-refractivity contribution in [3.8, 4) is 22.8 Å². The highest BCUT2D eigenvalue weighted by atomic mass is 16.5. The molecule has 1 fully saturated rings. The first-order valence-electron chi connectivity index (χ1n) is 9.53. The molecule has 3 aromatic heterocycles. The summed E-state index contributed by atoms with van der Waals surface area (Å²) >= 11 is 0. The van der Waals surface area contributed by atoms with E-state index >= 15 is 0 Å². The third-order valence-electron chi connectivity index (χ3n) is 4.88. The van der Waals surface area contributed by atoms with Crippen LogP contribution in [0.5, 0.6) is 0 Å². The Balaban J connectivity index is 1.66. The standard InChI is InChI=1S/C20H22N4O5/c1-12-9-17(29-23-12)15-10-18(25)24(22-19(15)16-6-4-8-28-16)13(2)20(26)21-11-14-5-3-7-27-14/h4,6,8-10,13-14H,3,5,7,11H2,1-2H3,(H,21,26). The number of rotatable bonds is 6. The van der Waals surface area contributed by atoms with Crippen molar-refractivity contribution < 1.29 is 18.5 Å². The maximum atomic E-state index is 12.8. The van der Waals surface area contributed by atoms with Gasteiger partial charge in [0.15, 0.2) is 11.5 Å². The largest absolute Gasteiger partial charge is 0.463 e. The molecule has 9 heteroatoms. The van der Waals surface area contributed by atoms with Crippen LogP contribution in [0.2, 0.25) is 0 Å². The third kappa shape index (κ3) is 4.00. The molecule has 1 N–H and O–H groups in total. The molecule has 1 aliphatic heterocycles. The molecular formula is C20H22N4O5. The van der Waals surface area contributed by atoms with Crippen molar-refractivity contribution in [1.29, 1.82) is 0 Å². The summed E-state index contributed by atoms with van der Waals surface area (Å²) in [5.41, 5.74) is 1.10. The average Bonchev–Trinajstić information content (AvgIpc) is 3.47. The Bertz CT molecular complexity index is 1050. The first kappa shape index (κ1) is 19.1. The lowest BCUT2D eigenvalue weighted by atomic mass is 10.1. The van der Waals surface area contributed by atoms with Crippen LogP contribution in [0.3, 0.4) is 0 Å². The second-order valence-corrected chi connectivity index (χ2v) is 7.06. The zero-order valence-corrected chi connectivity index (χ0v) is 16.3. The first-order chi connectivity index (χ1) is 14.0. The Hall–Kier alpha value is -3.20. The van der Waals surface area contributed by atoms with Gasteiger partial charge in [0.2, 0.25) is 5.91 Å². The smallest absolute Gasteiger partial charge is 0.268 e. The van der Waals surface area contributed by atoms with Crippen LogP contribution in [-0.2, 0) is 9.53 Å². The number of nitrogens with one attached hydrogen (secondary N) is 1. The first-order valence-corrected chi connectivity index (χ1v) is 9.53. The van der Waals surface area contributed by atoms with Gasteiger partial charge in [-0.3, -0.25) is 9.59 Å². The summed E-state index contributed by atoms with van der Waals surface area (Å²) in [4.78, 5) is 25.3. The fourth-order valence-corrected chi connectivity index (χ4v) is 3.30. The molecule has 9 nitrogen and oxygen atoms in total. The molecule has 0 bridgehead atoms. The highest BCUT2D eigenvalue weighted by Crippen LogP contribution is 2.30. The quantitative estimate of drug-likeness (QED) is 0.678. The maximum Gasteiger partial charge on any atom is 0.268 e. The van der Waals surface area contributed by atoms with Gasteiger partial charge in [-0.05, 0) is 38.8 Å². The van der Waals surface area contributed by atoms with Gasteiger partial charge < -0.3 is 19.0 Å². The molecule has 1 aliphatic rings. The molecule has 3 aromatic rings. The summed E-state index contributed by atoms with van der Waals surface area (Å²) in [6.07, 6.45) is 3.44. The van der Waals surface area contributed by atoms with E-state index in [2.05, 4.69) is 15.6 Å². The highest BCUT2D eigenvalue weighted by Gasteiger charge is 2.24. The van der Waals surface area contributed by atoms with Crippen LogP contribution >= 0.6 is 0 Å².